The van der Waals surface area contributed by atoms with Crippen molar-refractivity contribution in [1.82, 2.24) is 20.0 Å². The standard InChI is InChI=1S/C19H26N4O3/c1-22-17(9-16(21-22)18-4-3-7-26-18)15-11-23-6-5-13(15)8-14(23)10-20-19(24)12-25-2/h3-4,7,9,13-15H,5-6,8,10-12H2,1-2H3,(H,20,24). The Balaban J connectivity index is 1.44. The highest BCUT2D eigenvalue weighted by molar-refractivity contribution is 5.77. The largest absolute Gasteiger partial charge is 0.463 e. The molecule has 2 aromatic heterocycles. The number of hydrogen-bond donors (Lipinski definition) is 1. The summed E-state index contributed by atoms with van der Waals surface area (Å²) in [6, 6.07) is 6.42. The van der Waals surface area contributed by atoms with E-state index < -0.39 is 0 Å². The van der Waals surface area contributed by atoms with Crippen LogP contribution >= 0.6 is 0 Å². The lowest BCUT2D eigenvalue weighted by atomic mass is 9.74. The molecule has 2 bridgehead atoms. The van der Waals surface area contributed by atoms with E-state index in [9.17, 15) is 4.79 Å². The zero-order chi connectivity index (χ0) is 18.1. The predicted octanol–water partition coefficient (Wildman–Crippen LogP) is 1.62. The highest BCUT2D eigenvalue weighted by Crippen LogP contribution is 2.42. The maximum atomic E-state index is 11.7. The van der Waals surface area contributed by atoms with E-state index in [-0.39, 0.29) is 12.5 Å². The van der Waals surface area contributed by atoms with Crippen LogP contribution in [0.4, 0.5) is 0 Å². The van der Waals surface area contributed by atoms with Crippen molar-refractivity contribution in [2.45, 2.75) is 24.8 Å². The average molecular weight is 358 g/mol. The number of furan rings is 1. The first kappa shape index (κ1) is 17.3. The van der Waals surface area contributed by atoms with Gasteiger partial charge in [-0.3, -0.25) is 14.4 Å². The van der Waals surface area contributed by atoms with Crippen LogP contribution in [-0.4, -0.2) is 60.0 Å². The van der Waals surface area contributed by atoms with Crippen molar-refractivity contribution in [3.63, 3.8) is 0 Å². The summed E-state index contributed by atoms with van der Waals surface area (Å²) in [6.07, 6.45) is 3.99. The van der Waals surface area contributed by atoms with E-state index in [0.29, 0.717) is 24.4 Å². The smallest absolute Gasteiger partial charge is 0.246 e. The lowest BCUT2D eigenvalue weighted by molar-refractivity contribution is -0.125. The molecule has 3 aliphatic heterocycles. The molecule has 26 heavy (non-hydrogen) atoms. The molecule has 0 saturated carbocycles. The highest BCUT2D eigenvalue weighted by atomic mass is 16.5. The van der Waals surface area contributed by atoms with Gasteiger partial charge in [-0.15, -0.1) is 0 Å². The topological polar surface area (TPSA) is 72.5 Å². The van der Waals surface area contributed by atoms with Crippen LogP contribution in [0.5, 0.6) is 0 Å². The summed E-state index contributed by atoms with van der Waals surface area (Å²) in [7, 11) is 3.56. The fraction of sp³-hybridized carbons (Fsp3) is 0.579. The molecular formula is C19H26N4O3. The Bertz CT molecular complexity index is 755. The molecule has 4 atom stereocenters. The molecule has 140 valence electrons. The van der Waals surface area contributed by atoms with Gasteiger partial charge in [-0.05, 0) is 43.5 Å². The predicted molar refractivity (Wildman–Crippen MR) is 96.6 cm³/mol. The van der Waals surface area contributed by atoms with E-state index in [0.717, 1.165) is 31.0 Å². The Morgan fingerprint density at radius 3 is 3.08 bits per heavy atom. The SMILES string of the molecule is COCC(=O)NCC1CC2CCN1CC2c1cc(-c2ccco2)nn1C. The van der Waals surface area contributed by atoms with Gasteiger partial charge in [0.05, 0.1) is 6.26 Å². The molecule has 1 amide bonds. The van der Waals surface area contributed by atoms with Gasteiger partial charge in [0.25, 0.3) is 0 Å². The van der Waals surface area contributed by atoms with E-state index >= 15 is 0 Å². The van der Waals surface area contributed by atoms with Crippen LogP contribution in [0, 0.1) is 5.92 Å². The van der Waals surface area contributed by atoms with Gasteiger partial charge in [-0.2, -0.15) is 5.10 Å². The van der Waals surface area contributed by atoms with Gasteiger partial charge in [0.2, 0.25) is 5.91 Å². The van der Waals surface area contributed by atoms with Crippen LogP contribution in [0.3, 0.4) is 0 Å². The van der Waals surface area contributed by atoms with Crippen LogP contribution in [-0.2, 0) is 16.6 Å². The molecule has 0 aromatic carbocycles. The summed E-state index contributed by atoms with van der Waals surface area (Å²) in [4.78, 5) is 14.2. The summed E-state index contributed by atoms with van der Waals surface area (Å²) in [5.74, 6) is 1.88. The number of carbonyl (C=O) groups is 1. The van der Waals surface area contributed by atoms with Crippen molar-refractivity contribution in [2.24, 2.45) is 13.0 Å². The highest BCUT2D eigenvalue weighted by Gasteiger charge is 2.41. The van der Waals surface area contributed by atoms with E-state index in [4.69, 9.17) is 9.15 Å². The second kappa shape index (κ2) is 7.25. The van der Waals surface area contributed by atoms with Crippen LogP contribution < -0.4 is 5.32 Å². The zero-order valence-corrected chi connectivity index (χ0v) is 15.4. The molecule has 7 nitrogen and oxygen atoms in total. The summed E-state index contributed by atoms with van der Waals surface area (Å²) < 4.78 is 12.4. The molecule has 0 aliphatic carbocycles. The fourth-order valence-corrected chi connectivity index (χ4v) is 4.47. The summed E-state index contributed by atoms with van der Waals surface area (Å²) in [6.45, 7) is 2.96. The number of aryl methyl sites for hydroxylation is 1. The van der Waals surface area contributed by atoms with Gasteiger partial charge >= 0.3 is 0 Å². The summed E-state index contributed by atoms with van der Waals surface area (Å²) in [5.41, 5.74) is 2.17. The van der Waals surface area contributed by atoms with Crippen molar-refractivity contribution in [1.29, 1.82) is 0 Å². The first-order chi connectivity index (χ1) is 12.7. The third kappa shape index (κ3) is 3.29. The minimum Gasteiger partial charge on any atom is -0.463 e. The minimum absolute atomic E-state index is 0.0404. The summed E-state index contributed by atoms with van der Waals surface area (Å²) in [5, 5.41) is 7.64. The number of piperidine rings is 3. The number of amides is 1. The van der Waals surface area contributed by atoms with Gasteiger partial charge in [-0.1, -0.05) is 0 Å². The normalized spacial score (nSPS) is 27.6. The van der Waals surface area contributed by atoms with Gasteiger partial charge in [0.1, 0.15) is 12.3 Å². The number of ether oxygens (including phenoxy) is 1. The maximum Gasteiger partial charge on any atom is 0.246 e. The van der Waals surface area contributed by atoms with Crippen LogP contribution in [0.1, 0.15) is 24.5 Å². The van der Waals surface area contributed by atoms with Crippen molar-refractivity contribution in [3.05, 3.63) is 30.2 Å². The lowest BCUT2D eigenvalue weighted by Gasteiger charge is -2.49. The molecule has 3 saturated heterocycles. The molecule has 3 aliphatic rings. The van der Waals surface area contributed by atoms with Crippen molar-refractivity contribution >= 4 is 5.91 Å². The molecule has 0 spiro atoms. The Labute approximate surface area is 153 Å². The molecular weight excluding hydrogens is 332 g/mol. The van der Waals surface area contributed by atoms with E-state index in [2.05, 4.69) is 21.4 Å². The number of methoxy groups -OCH3 is 1. The van der Waals surface area contributed by atoms with E-state index in [1.165, 1.54) is 12.1 Å². The zero-order valence-electron chi connectivity index (χ0n) is 15.4. The minimum atomic E-state index is -0.0404. The third-order valence-electron chi connectivity index (χ3n) is 5.76. The monoisotopic (exact) mass is 358 g/mol. The molecule has 7 heteroatoms. The number of fused-ring (bicyclic) bond motifs is 3. The summed E-state index contributed by atoms with van der Waals surface area (Å²) >= 11 is 0. The van der Waals surface area contributed by atoms with Gasteiger partial charge in [0.15, 0.2) is 5.76 Å². The quantitative estimate of drug-likeness (QED) is 0.850. The van der Waals surface area contributed by atoms with Crippen LogP contribution in [0.25, 0.3) is 11.5 Å². The first-order valence-corrected chi connectivity index (χ1v) is 9.23. The van der Waals surface area contributed by atoms with Crippen LogP contribution in [0.15, 0.2) is 28.9 Å². The Hall–Kier alpha value is -2.12. The van der Waals surface area contributed by atoms with Crippen molar-refractivity contribution in [2.75, 3.05) is 33.4 Å². The number of rotatable bonds is 6. The molecule has 1 N–H and O–H groups in total. The molecule has 3 fully saturated rings. The number of aromatic nitrogens is 2. The third-order valence-corrected chi connectivity index (χ3v) is 5.76. The average Bonchev–Trinajstić information content (AvgIpc) is 3.30. The Morgan fingerprint density at radius 1 is 1.50 bits per heavy atom. The van der Waals surface area contributed by atoms with Crippen molar-refractivity contribution in [3.8, 4) is 11.5 Å². The molecule has 0 radical (unpaired) electrons. The molecule has 4 unspecified atom stereocenters. The number of carbonyl (C=O) groups excluding carboxylic acids is 1. The fourth-order valence-electron chi connectivity index (χ4n) is 4.47. The number of hydrogen-bond acceptors (Lipinski definition) is 5. The number of nitrogens with one attached hydrogen (secondary N) is 1. The number of nitrogens with zero attached hydrogens (tertiary/aromatic N) is 3. The molecule has 5 heterocycles. The second-order valence-corrected chi connectivity index (χ2v) is 7.33. The van der Waals surface area contributed by atoms with Gasteiger partial charge < -0.3 is 14.5 Å². The van der Waals surface area contributed by atoms with Gasteiger partial charge in [-0.25, -0.2) is 0 Å². The van der Waals surface area contributed by atoms with E-state index in [1.54, 1.807) is 13.4 Å². The van der Waals surface area contributed by atoms with E-state index in [1.807, 2.05) is 23.9 Å². The van der Waals surface area contributed by atoms with Crippen molar-refractivity contribution < 1.29 is 13.9 Å². The second-order valence-electron chi connectivity index (χ2n) is 7.33. The van der Waals surface area contributed by atoms with Gasteiger partial charge in [0, 0.05) is 44.9 Å². The first-order valence-electron chi connectivity index (χ1n) is 9.23. The Morgan fingerprint density at radius 2 is 2.38 bits per heavy atom. The maximum absolute atomic E-state index is 11.7. The molecule has 5 rings (SSSR count). The van der Waals surface area contributed by atoms with Crippen LogP contribution in [0.2, 0.25) is 0 Å². The lowest BCUT2D eigenvalue weighted by Crippen LogP contribution is -2.56. The molecule has 2 aromatic rings. The Kier molecular flexibility index (Phi) is 4.82.